The molecule has 2 heterocycles. The Balaban J connectivity index is 3.07. The molecule has 1 N–H and O–H groups in total. The third kappa shape index (κ3) is 1.70. The molecule has 0 unspecified atom stereocenters. The topological polar surface area (TPSA) is 58.8 Å². The monoisotopic (exact) mass is 245 g/mol. The lowest BCUT2D eigenvalue weighted by Gasteiger charge is -2.14. The van der Waals surface area contributed by atoms with Crippen LogP contribution in [-0.2, 0) is 0 Å². The van der Waals surface area contributed by atoms with Gasteiger partial charge in [0.05, 0.1) is 16.6 Å². The molecule has 0 aliphatic heterocycles. The molecule has 0 spiro atoms. The summed E-state index contributed by atoms with van der Waals surface area (Å²) in [5.74, 6) is -0.584. The van der Waals surface area contributed by atoms with Gasteiger partial charge in [0.1, 0.15) is 5.75 Å². The first-order valence-electron chi connectivity index (χ1n) is 5.82. The van der Waals surface area contributed by atoms with Crippen molar-refractivity contribution in [3.63, 3.8) is 0 Å². The van der Waals surface area contributed by atoms with Crippen molar-refractivity contribution in [2.24, 2.45) is 0 Å². The fourth-order valence-electron chi connectivity index (χ4n) is 2.18. The first kappa shape index (κ1) is 12.4. The zero-order chi connectivity index (χ0) is 13.4. The number of carbonyl (C=O) groups excluding carboxylic acids is 1. The highest BCUT2D eigenvalue weighted by atomic mass is 16.3. The largest absolute Gasteiger partial charge is 0.507 e. The van der Waals surface area contributed by atoms with Crippen molar-refractivity contribution in [2.45, 2.75) is 26.7 Å². The second kappa shape index (κ2) is 4.29. The summed E-state index contributed by atoms with van der Waals surface area (Å²) in [6, 6.07) is 5.11. The van der Waals surface area contributed by atoms with Crippen LogP contribution in [0.4, 0.5) is 0 Å². The Morgan fingerprint density at radius 3 is 2.56 bits per heavy atom. The Morgan fingerprint density at radius 1 is 1.33 bits per heavy atom. The Hall–Kier alpha value is -2.10. The van der Waals surface area contributed by atoms with E-state index in [1.807, 2.05) is 13.8 Å². The van der Waals surface area contributed by atoms with E-state index in [0.717, 1.165) is 0 Å². The van der Waals surface area contributed by atoms with E-state index < -0.39 is 0 Å². The van der Waals surface area contributed by atoms with Crippen LogP contribution in [0.25, 0.3) is 5.52 Å². The maximum Gasteiger partial charge on any atom is 0.262 e. The zero-order valence-corrected chi connectivity index (χ0v) is 10.6. The van der Waals surface area contributed by atoms with Crippen molar-refractivity contribution in [3.8, 4) is 5.75 Å². The second-order valence-corrected chi connectivity index (χ2v) is 4.61. The molecule has 2 aromatic heterocycles. The summed E-state index contributed by atoms with van der Waals surface area (Å²) in [6.07, 6.45) is 1.61. The van der Waals surface area contributed by atoms with Gasteiger partial charge in [-0.15, -0.1) is 0 Å². The molecular formula is C14H15NO3. The minimum absolute atomic E-state index is 0.146. The van der Waals surface area contributed by atoms with Crippen molar-refractivity contribution in [2.75, 3.05) is 0 Å². The maximum absolute atomic E-state index is 12.3. The number of aromatic nitrogens is 1. The highest BCUT2D eigenvalue weighted by Gasteiger charge is 2.21. The van der Waals surface area contributed by atoms with Crippen LogP contribution in [0, 0.1) is 0 Å². The van der Waals surface area contributed by atoms with Gasteiger partial charge in [-0.05, 0) is 25.0 Å². The normalized spacial score (nSPS) is 11.1. The molecule has 0 aliphatic rings. The maximum atomic E-state index is 12.3. The average molecular weight is 245 g/mol. The summed E-state index contributed by atoms with van der Waals surface area (Å²) < 4.78 is 1.41. The molecule has 0 radical (unpaired) electrons. The fourth-order valence-corrected chi connectivity index (χ4v) is 2.18. The van der Waals surface area contributed by atoms with Crippen LogP contribution in [0.2, 0.25) is 0 Å². The lowest BCUT2D eigenvalue weighted by atomic mass is 9.98. The van der Waals surface area contributed by atoms with Crippen LogP contribution < -0.4 is 5.56 Å². The van der Waals surface area contributed by atoms with E-state index in [0.29, 0.717) is 5.52 Å². The van der Waals surface area contributed by atoms with Gasteiger partial charge in [-0.3, -0.25) is 14.0 Å². The van der Waals surface area contributed by atoms with Gasteiger partial charge in [0, 0.05) is 6.20 Å². The van der Waals surface area contributed by atoms with E-state index in [9.17, 15) is 14.7 Å². The summed E-state index contributed by atoms with van der Waals surface area (Å²) in [4.78, 5) is 23.9. The number of nitrogens with zero attached hydrogens (tertiary/aromatic N) is 1. The molecule has 0 atom stereocenters. The van der Waals surface area contributed by atoms with Crippen LogP contribution in [0.5, 0.6) is 5.75 Å². The standard InChI is InChI=1S/C14H15NO3/c1-8(2)11-13(17)12(9(3)16)10-6-4-5-7-15(10)14(11)18/h4-8,17H,1-3H3. The van der Waals surface area contributed by atoms with E-state index >= 15 is 0 Å². The van der Waals surface area contributed by atoms with Crippen LogP contribution in [0.1, 0.15) is 42.6 Å². The quantitative estimate of drug-likeness (QED) is 0.826. The van der Waals surface area contributed by atoms with Crippen molar-refractivity contribution in [1.29, 1.82) is 0 Å². The smallest absolute Gasteiger partial charge is 0.262 e. The molecule has 2 rings (SSSR count). The molecule has 4 nitrogen and oxygen atoms in total. The number of aromatic hydroxyl groups is 1. The Kier molecular flexibility index (Phi) is 2.95. The summed E-state index contributed by atoms with van der Waals surface area (Å²) >= 11 is 0. The molecule has 0 saturated carbocycles. The SMILES string of the molecule is CC(=O)c1c(O)c(C(C)C)c(=O)n2ccccc12. The van der Waals surface area contributed by atoms with Gasteiger partial charge in [-0.25, -0.2) is 0 Å². The first-order chi connectivity index (χ1) is 8.45. The molecule has 2 aromatic rings. The highest BCUT2D eigenvalue weighted by molar-refractivity contribution is 6.03. The Labute approximate surface area is 105 Å². The summed E-state index contributed by atoms with van der Waals surface area (Å²) in [5, 5.41) is 10.2. The summed E-state index contributed by atoms with van der Waals surface area (Å²) in [7, 11) is 0. The number of hydrogen-bond acceptors (Lipinski definition) is 3. The van der Waals surface area contributed by atoms with Crippen LogP contribution in [0.3, 0.4) is 0 Å². The molecule has 0 amide bonds. The van der Waals surface area contributed by atoms with E-state index in [1.54, 1.807) is 24.4 Å². The molecule has 0 aromatic carbocycles. The Bertz CT molecular complexity index is 683. The minimum atomic E-state index is -0.275. The van der Waals surface area contributed by atoms with Gasteiger partial charge in [0.2, 0.25) is 0 Å². The fraction of sp³-hybridized carbons (Fsp3) is 0.286. The van der Waals surface area contributed by atoms with Crippen LogP contribution in [-0.4, -0.2) is 15.3 Å². The number of Topliss-reactive ketones (excluding diaryl/α,β-unsaturated/α-hetero) is 1. The lowest BCUT2D eigenvalue weighted by molar-refractivity contribution is 0.101. The van der Waals surface area contributed by atoms with Gasteiger partial charge in [-0.1, -0.05) is 19.9 Å². The van der Waals surface area contributed by atoms with Crippen molar-refractivity contribution in [1.82, 2.24) is 4.40 Å². The molecule has 18 heavy (non-hydrogen) atoms. The van der Waals surface area contributed by atoms with Crippen molar-refractivity contribution in [3.05, 3.63) is 45.9 Å². The van der Waals surface area contributed by atoms with Crippen LogP contribution in [0.15, 0.2) is 29.2 Å². The lowest BCUT2D eigenvalue weighted by Crippen LogP contribution is -2.21. The van der Waals surface area contributed by atoms with E-state index in [2.05, 4.69) is 0 Å². The van der Waals surface area contributed by atoms with Crippen LogP contribution >= 0.6 is 0 Å². The molecule has 0 fully saturated rings. The van der Waals surface area contributed by atoms with E-state index in [1.165, 1.54) is 11.3 Å². The van der Waals surface area contributed by atoms with E-state index in [-0.39, 0.29) is 34.1 Å². The molecule has 0 aliphatic carbocycles. The first-order valence-corrected chi connectivity index (χ1v) is 5.82. The van der Waals surface area contributed by atoms with E-state index in [4.69, 9.17) is 0 Å². The van der Waals surface area contributed by atoms with Gasteiger partial charge < -0.3 is 5.11 Å². The van der Waals surface area contributed by atoms with Crippen molar-refractivity contribution < 1.29 is 9.90 Å². The molecule has 4 heteroatoms. The molecule has 0 bridgehead atoms. The highest BCUT2D eigenvalue weighted by Crippen LogP contribution is 2.29. The number of rotatable bonds is 2. The van der Waals surface area contributed by atoms with Gasteiger partial charge in [0.15, 0.2) is 5.78 Å². The second-order valence-electron chi connectivity index (χ2n) is 4.61. The summed E-state index contributed by atoms with van der Waals surface area (Å²) in [6.45, 7) is 5.02. The average Bonchev–Trinajstić information content (AvgIpc) is 2.28. The number of pyridine rings is 2. The predicted molar refractivity (Wildman–Crippen MR) is 69.4 cm³/mol. The molecule has 94 valence electrons. The third-order valence-corrected chi connectivity index (χ3v) is 2.99. The number of hydrogen-bond donors (Lipinski definition) is 1. The van der Waals surface area contributed by atoms with Gasteiger partial charge >= 0.3 is 0 Å². The third-order valence-electron chi connectivity index (χ3n) is 2.99. The van der Waals surface area contributed by atoms with Crippen molar-refractivity contribution >= 4 is 11.3 Å². The van der Waals surface area contributed by atoms with Gasteiger partial charge in [0.25, 0.3) is 5.56 Å². The van der Waals surface area contributed by atoms with Gasteiger partial charge in [-0.2, -0.15) is 0 Å². The minimum Gasteiger partial charge on any atom is -0.507 e. The molecular weight excluding hydrogens is 230 g/mol. The predicted octanol–water partition coefficient (Wildman–Crippen LogP) is 2.33. The zero-order valence-electron chi connectivity index (χ0n) is 10.6. The number of ketones is 1. The number of carbonyl (C=O) groups is 1. The number of fused-ring (bicyclic) bond motifs is 1. The summed E-state index contributed by atoms with van der Waals surface area (Å²) in [5.41, 5.74) is 0.655. The molecule has 0 saturated heterocycles. The Morgan fingerprint density at radius 2 is 2.00 bits per heavy atom.